The lowest BCUT2D eigenvalue weighted by Gasteiger charge is -2.35. The van der Waals surface area contributed by atoms with Gasteiger partial charge in [0.2, 0.25) is 11.8 Å². The Balaban J connectivity index is 2.53. The van der Waals surface area contributed by atoms with E-state index in [0.29, 0.717) is 6.54 Å². The summed E-state index contributed by atoms with van der Waals surface area (Å²) in [7, 11) is 0. The van der Waals surface area contributed by atoms with Gasteiger partial charge in [-0.2, -0.15) is 0 Å². The molecule has 0 saturated carbocycles. The van der Waals surface area contributed by atoms with Gasteiger partial charge in [-0.15, -0.1) is 0 Å². The van der Waals surface area contributed by atoms with Gasteiger partial charge in [-0.1, -0.05) is 0 Å². The van der Waals surface area contributed by atoms with E-state index in [0.717, 1.165) is 13.1 Å². The molecule has 1 atom stereocenters. The van der Waals surface area contributed by atoms with Crippen molar-refractivity contribution in [2.75, 3.05) is 19.6 Å². The molecule has 0 aromatic rings. The van der Waals surface area contributed by atoms with E-state index in [1.54, 1.807) is 0 Å². The third-order valence-electron chi connectivity index (χ3n) is 2.71. The molecule has 1 unspecified atom stereocenters. The molecule has 0 aliphatic carbocycles. The smallest absolute Gasteiger partial charge is 0.240 e. The second-order valence-corrected chi connectivity index (χ2v) is 4.29. The van der Waals surface area contributed by atoms with Gasteiger partial charge in [0.15, 0.2) is 0 Å². The van der Waals surface area contributed by atoms with Crippen LogP contribution in [0, 0.1) is 0 Å². The first kappa shape index (κ1) is 13.0. The number of nitrogens with one attached hydrogen (secondary N) is 2. The van der Waals surface area contributed by atoms with Gasteiger partial charge in [0.1, 0.15) is 0 Å². The van der Waals surface area contributed by atoms with Crippen LogP contribution in [0.2, 0.25) is 0 Å². The molecular formula is C11H21N3O2. The van der Waals surface area contributed by atoms with Crippen molar-refractivity contribution in [2.45, 2.75) is 39.3 Å². The fraction of sp³-hybridized carbons (Fsp3) is 0.818. The Morgan fingerprint density at radius 1 is 1.62 bits per heavy atom. The summed E-state index contributed by atoms with van der Waals surface area (Å²) in [5, 5.41) is 5.80. The van der Waals surface area contributed by atoms with Crippen LogP contribution in [0.1, 0.15) is 27.2 Å². The van der Waals surface area contributed by atoms with Crippen molar-refractivity contribution in [2.24, 2.45) is 0 Å². The molecule has 1 aliphatic heterocycles. The number of amides is 2. The number of nitrogens with zero attached hydrogens (tertiary/aromatic N) is 1. The molecule has 1 aliphatic rings. The molecule has 1 rings (SSSR count). The minimum atomic E-state index is -0.359. The molecule has 0 spiro atoms. The van der Waals surface area contributed by atoms with Crippen molar-refractivity contribution in [3.05, 3.63) is 0 Å². The van der Waals surface area contributed by atoms with Gasteiger partial charge >= 0.3 is 0 Å². The molecule has 2 amide bonds. The molecule has 16 heavy (non-hydrogen) atoms. The third-order valence-corrected chi connectivity index (χ3v) is 2.71. The normalized spacial score (nSPS) is 21.4. The number of rotatable bonds is 4. The van der Waals surface area contributed by atoms with Crippen LogP contribution in [-0.2, 0) is 9.59 Å². The average molecular weight is 227 g/mol. The monoisotopic (exact) mass is 227 g/mol. The second kappa shape index (κ2) is 5.84. The van der Waals surface area contributed by atoms with E-state index in [4.69, 9.17) is 0 Å². The topological polar surface area (TPSA) is 61.4 Å². The lowest BCUT2D eigenvalue weighted by molar-refractivity contribution is -0.139. The fourth-order valence-corrected chi connectivity index (χ4v) is 1.88. The average Bonchev–Trinajstić information content (AvgIpc) is 2.21. The summed E-state index contributed by atoms with van der Waals surface area (Å²) in [6.45, 7) is 7.94. The van der Waals surface area contributed by atoms with Crippen LogP contribution in [0.25, 0.3) is 0 Å². The number of piperazine rings is 1. The maximum Gasteiger partial charge on any atom is 0.240 e. The van der Waals surface area contributed by atoms with Gasteiger partial charge in [-0.05, 0) is 20.8 Å². The molecule has 0 bridgehead atoms. The highest BCUT2D eigenvalue weighted by Gasteiger charge is 2.30. The Hall–Kier alpha value is -1.10. The van der Waals surface area contributed by atoms with Crippen molar-refractivity contribution in [3.63, 3.8) is 0 Å². The van der Waals surface area contributed by atoms with Crippen LogP contribution in [-0.4, -0.2) is 48.4 Å². The highest BCUT2D eigenvalue weighted by atomic mass is 16.2. The number of hydrogen-bond acceptors (Lipinski definition) is 3. The lowest BCUT2D eigenvalue weighted by Crippen LogP contribution is -2.58. The van der Waals surface area contributed by atoms with E-state index in [9.17, 15) is 9.59 Å². The minimum absolute atomic E-state index is 0.0347. The number of carbonyl (C=O) groups is 2. The zero-order valence-electron chi connectivity index (χ0n) is 10.2. The fourth-order valence-electron chi connectivity index (χ4n) is 1.88. The van der Waals surface area contributed by atoms with Crippen molar-refractivity contribution in [1.29, 1.82) is 0 Å². The van der Waals surface area contributed by atoms with Gasteiger partial charge in [-0.25, -0.2) is 0 Å². The number of carbonyl (C=O) groups excluding carboxylic acids is 2. The molecule has 92 valence electrons. The molecule has 0 aromatic carbocycles. The van der Waals surface area contributed by atoms with Crippen molar-refractivity contribution >= 4 is 11.8 Å². The van der Waals surface area contributed by atoms with Crippen LogP contribution < -0.4 is 10.6 Å². The first-order chi connectivity index (χ1) is 7.56. The van der Waals surface area contributed by atoms with Crippen LogP contribution in [0.5, 0.6) is 0 Å². The van der Waals surface area contributed by atoms with Gasteiger partial charge in [0.25, 0.3) is 0 Å². The summed E-state index contributed by atoms with van der Waals surface area (Å²) in [6.07, 6.45) is 0.232. The molecule has 5 nitrogen and oxygen atoms in total. The van der Waals surface area contributed by atoms with Crippen molar-refractivity contribution in [1.82, 2.24) is 15.5 Å². The van der Waals surface area contributed by atoms with E-state index < -0.39 is 0 Å². The maximum atomic E-state index is 12.0. The van der Waals surface area contributed by atoms with E-state index in [1.807, 2.05) is 25.7 Å². The predicted molar refractivity (Wildman–Crippen MR) is 61.9 cm³/mol. The third kappa shape index (κ3) is 3.20. The van der Waals surface area contributed by atoms with Gasteiger partial charge in [-0.3, -0.25) is 9.59 Å². The molecule has 2 N–H and O–H groups in total. The Bertz CT molecular complexity index is 266. The molecular weight excluding hydrogens is 206 g/mol. The Morgan fingerprint density at radius 2 is 2.31 bits per heavy atom. The first-order valence-electron chi connectivity index (χ1n) is 5.86. The number of hydrogen-bond donors (Lipinski definition) is 2. The largest absolute Gasteiger partial charge is 0.356 e. The van der Waals surface area contributed by atoms with Crippen LogP contribution >= 0.6 is 0 Å². The Morgan fingerprint density at radius 3 is 2.88 bits per heavy atom. The summed E-state index contributed by atoms with van der Waals surface area (Å²) < 4.78 is 0. The van der Waals surface area contributed by atoms with Crippen LogP contribution in [0.4, 0.5) is 0 Å². The van der Waals surface area contributed by atoms with Crippen molar-refractivity contribution < 1.29 is 9.59 Å². The first-order valence-corrected chi connectivity index (χ1v) is 5.86. The van der Waals surface area contributed by atoms with E-state index in [1.165, 1.54) is 0 Å². The van der Waals surface area contributed by atoms with E-state index >= 15 is 0 Å². The summed E-state index contributed by atoms with van der Waals surface area (Å²) in [5.74, 6) is -0.0357. The van der Waals surface area contributed by atoms with Crippen LogP contribution in [0.15, 0.2) is 0 Å². The zero-order chi connectivity index (χ0) is 12.1. The van der Waals surface area contributed by atoms with Crippen LogP contribution in [0.3, 0.4) is 0 Å². The van der Waals surface area contributed by atoms with E-state index in [-0.39, 0.29) is 30.3 Å². The summed E-state index contributed by atoms with van der Waals surface area (Å²) in [6, 6.07) is -0.158. The Kier molecular flexibility index (Phi) is 4.73. The molecule has 0 aromatic heterocycles. The molecule has 1 fully saturated rings. The summed E-state index contributed by atoms with van der Waals surface area (Å²) >= 11 is 0. The molecule has 1 saturated heterocycles. The predicted octanol–water partition coefficient (Wildman–Crippen LogP) is -0.279. The van der Waals surface area contributed by atoms with Gasteiger partial charge in [0, 0.05) is 25.7 Å². The zero-order valence-corrected chi connectivity index (χ0v) is 10.2. The standard InChI is InChI=1S/C11H21N3O2/c1-4-12-10(15)7-9-11(16)14(8(2)3)6-5-13-9/h8-9,13H,4-7H2,1-3H3,(H,12,15). The summed E-state index contributed by atoms with van der Waals surface area (Å²) in [5.41, 5.74) is 0. The maximum absolute atomic E-state index is 12.0. The minimum Gasteiger partial charge on any atom is -0.356 e. The Labute approximate surface area is 96.6 Å². The van der Waals surface area contributed by atoms with Gasteiger partial charge < -0.3 is 15.5 Å². The molecule has 1 heterocycles. The lowest BCUT2D eigenvalue weighted by atomic mass is 10.1. The van der Waals surface area contributed by atoms with E-state index in [2.05, 4.69) is 10.6 Å². The molecule has 5 heteroatoms. The quantitative estimate of drug-likeness (QED) is 0.694. The highest BCUT2D eigenvalue weighted by Crippen LogP contribution is 2.08. The van der Waals surface area contributed by atoms with Crippen molar-refractivity contribution in [3.8, 4) is 0 Å². The second-order valence-electron chi connectivity index (χ2n) is 4.29. The SMILES string of the molecule is CCNC(=O)CC1NCCN(C(C)C)C1=O. The molecule has 0 radical (unpaired) electrons. The van der Waals surface area contributed by atoms with Gasteiger partial charge in [0.05, 0.1) is 12.5 Å². The highest BCUT2D eigenvalue weighted by molar-refractivity contribution is 5.89. The summed E-state index contributed by atoms with van der Waals surface area (Å²) in [4.78, 5) is 25.2.